The van der Waals surface area contributed by atoms with E-state index in [1.807, 2.05) is 6.07 Å². The van der Waals surface area contributed by atoms with Crippen LogP contribution in [0.4, 0.5) is 8.78 Å². The summed E-state index contributed by atoms with van der Waals surface area (Å²) in [6.45, 7) is 0. The largest absolute Gasteiger partial charge is 0.315 e. The first-order valence-electron chi connectivity index (χ1n) is 6.84. The third-order valence-corrected chi connectivity index (χ3v) is 4.20. The van der Waals surface area contributed by atoms with Crippen molar-refractivity contribution < 1.29 is 13.6 Å². The van der Waals surface area contributed by atoms with Crippen molar-refractivity contribution >= 4 is 5.91 Å². The van der Waals surface area contributed by atoms with Gasteiger partial charge >= 0.3 is 0 Å². The fraction of sp³-hybridized carbons (Fsp3) is 0.467. The summed E-state index contributed by atoms with van der Waals surface area (Å²) in [6.07, 6.45) is 4.76. The molecule has 1 unspecified atom stereocenters. The molecule has 2 aliphatic rings. The van der Waals surface area contributed by atoms with E-state index in [4.69, 9.17) is 0 Å². The minimum absolute atomic E-state index is 0.000349. The Hall–Kier alpha value is -1.96. The lowest BCUT2D eigenvalue weighted by molar-refractivity contribution is 0.0624. The van der Waals surface area contributed by atoms with Crippen molar-refractivity contribution in [3.8, 4) is 6.07 Å². The van der Waals surface area contributed by atoms with Gasteiger partial charge in [0.25, 0.3) is 5.91 Å². The van der Waals surface area contributed by atoms with Crippen LogP contribution in [0.15, 0.2) is 12.1 Å². The predicted molar refractivity (Wildman–Crippen MR) is 67.8 cm³/mol. The Morgan fingerprint density at radius 2 is 1.90 bits per heavy atom. The quantitative estimate of drug-likeness (QED) is 0.789. The minimum Gasteiger partial charge on any atom is -0.315 e. The molecule has 3 nitrogen and oxygen atoms in total. The molecule has 0 bridgehead atoms. The molecule has 1 heterocycles. The second-order valence-electron chi connectivity index (χ2n) is 5.38. The van der Waals surface area contributed by atoms with Crippen LogP contribution in [0.5, 0.6) is 0 Å². The van der Waals surface area contributed by atoms with Crippen molar-refractivity contribution in [2.45, 2.75) is 44.2 Å². The van der Waals surface area contributed by atoms with E-state index in [1.54, 1.807) is 0 Å². The number of fused-ring (bicyclic) bond motifs is 1. The van der Waals surface area contributed by atoms with Gasteiger partial charge in [0, 0.05) is 17.7 Å². The summed E-state index contributed by atoms with van der Waals surface area (Å²) in [7, 11) is 0. The summed E-state index contributed by atoms with van der Waals surface area (Å²) in [5.74, 6) is -2.01. The zero-order valence-electron chi connectivity index (χ0n) is 10.9. The SMILES string of the molecule is N#CC1c2c(F)cc(F)cc2C(=O)N1C1CCCCC1. The van der Waals surface area contributed by atoms with Crippen LogP contribution in [0.3, 0.4) is 0 Å². The molecular formula is C15H14F2N2O. The molecule has 1 atom stereocenters. The van der Waals surface area contributed by atoms with Gasteiger partial charge in [0.05, 0.1) is 11.6 Å². The number of carbonyl (C=O) groups is 1. The van der Waals surface area contributed by atoms with Crippen LogP contribution in [0.2, 0.25) is 0 Å². The van der Waals surface area contributed by atoms with Crippen LogP contribution in [0.1, 0.15) is 54.1 Å². The molecule has 1 saturated carbocycles. The zero-order valence-corrected chi connectivity index (χ0v) is 10.9. The van der Waals surface area contributed by atoms with E-state index in [-0.39, 0.29) is 17.2 Å². The standard InChI is InChI=1S/C15H14F2N2O/c16-9-6-11-14(12(17)7-9)13(8-18)19(15(11)20)10-4-2-1-3-5-10/h6-7,10,13H,1-5H2. The van der Waals surface area contributed by atoms with Gasteiger partial charge in [-0.2, -0.15) is 5.26 Å². The molecule has 0 spiro atoms. The second-order valence-corrected chi connectivity index (χ2v) is 5.38. The van der Waals surface area contributed by atoms with Gasteiger partial charge in [0.2, 0.25) is 0 Å². The fourth-order valence-corrected chi connectivity index (χ4v) is 3.30. The number of nitrogens with zero attached hydrogens (tertiary/aromatic N) is 2. The Kier molecular flexibility index (Phi) is 3.17. The number of hydrogen-bond donors (Lipinski definition) is 0. The van der Waals surface area contributed by atoms with Gasteiger partial charge in [0.1, 0.15) is 17.7 Å². The predicted octanol–water partition coefficient (Wildman–Crippen LogP) is 3.32. The third-order valence-electron chi connectivity index (χ3n) is 4.20. The normalized spacial score (nSPS) is 22.8. The maximum Gasteiger partial charge on any atom is 0.256 e. The molecule has 0 saturated heterocycles. The van der Waals surface area contributed by atoms with Crippen LogP contribution >= 0.6 is 0 Å². The Balaban J connectivity index is 2.05. The molecule has 3 rings (SSSR count). The van der Waals surface area contributed by atoms with E-state index >= 15 is 0 Å². The molecule has 0 radical (unpaired) electrons. The molecule has 0 aromatic heterocycles. The van der Waals surface area contributed by atoms with E-state index < -0.39 is 23.6 Å². The molecule has 1 amide bonds. The van der Waals surface area contributed by atoms with Crippen molar-refractivity contribution in [3.05, 3.63) is 34.9 Å². The molecule has 1 fully saturated rings. The molecule has 1 aromatic carbocycles. The first kappa shape index (κ1) is 13.0. The first-order valence-corrected chi connectivity index (χ1v) is 6.84. The minimum atomic E-state index is -0.929. The lowest BCUT2D eigenvalue weighted by Crippen LogP contribution is -2.39. The second kappa shape index (κ2) is 4.86. The number of benzene rings is 1. The molecule has 104 valence electrons. The molecule has 1 aliphatic heterocycles. The van der Waals surface area contributed by atoms with Crippen LogP contribution in [-0.2, 0) is 0 Å². The summed E-state index contributed by atoms with van der Waals surface area (Å²) in [5.41, 5.74) is 0.0316. The number of hydrogen-bond acceptors (Lipinski definition) is 2. The van der Waals surface area contributed by atoms with E-state index in [9.17, 15) is 18.8 Å². The van der Waals surface area contributed by atoms with Gasteiger partial charge in [-0.15, -0.1) is 0 Å². The Morgan fingerprint density at radius 3 is 2.55 bits per heavy atom. The number of nitriles is 1. The fourth-order valence-electron chi connectivity index (χ4n) is 3.30. The number of rotatable bonds is 1. The highest BCUT2D eigenvalue weighted by molar-refractivity contribution is 6.00. The van der Waals surface area contributed by atoms with Gasteiger partial charge in [0.15, 0.2) is 0 Å². The highest BCUT2D eigenvalue weighted by atomic mass is 19.1. The van der Waals surface area contributed by atoms with Gasteiger partial charge in [-0.05, 0) is 18.9 Å². The van der Waals surface area contributed by atoms with Crippen molar-refractivity contribution in [1.29, 1.82) is 5.26 Å². The van der Waals surface area contributed by atoms with Gasteiger partial charge < -0.3 is 4.90 Å². The van der Waals surface area contributed by atoms with E-state index in [2.05, 4.69) is 0 Å². The van der Waals surface area contributed by atoms with E-state index in [0.717, 1.165) is 44.2 Å². The maximum atomic E-state index is 13.9. The first-order chi connectivity index (χ1) is 9.63. The Morgan fingerprint density at radius 1 is 1.20 bits per heavy atom. The average Bonchev–Trinajstić information content (AvgIpc) is 2.73. The monoisotopic (exact) mass is 276 g/mol. The molecule has 1 aromatic rings. The summed E-state index contributed by atoms with van der Waals surface area (Å²) in [4.78, 5) is 13.9. The van der Waals surface area contributed by atoms with Gasteiger partial charge in [-0.1, -0.05) is 19.3 Å². The summed E-state index contributed by atoms with van der Waals surface area (Å²) in [6, 6.07) is 2.80. The summed E-state index contributed by atoms with van der Waals surface area (Å²) in [5, 5.41) is 9.32. The van der Waals surface area contributed by atoms with Gasteiger partial charge in [-0.25, -0.2) is 8.78 Å². The molecule has 1 aliphatic carbocycles. The van der Waals surface area contributed by atoms with Crippen LogP contribution in [0.25, 0.3) is 0 Å². The van der Waals surface area contributed by atoms with Crippen LogP contribution < -0.4 is 0 Å². The number of carbonyl (C=O) groups excluding carboxylic acids is 1. The molecule has 5 heteroatoms. The topological polar surface area (TPSA) is 44.1 Å². The van der Waals surface area contributed by atoms with Crippen molar-refractivity contribution in [3.63, 3.8) is 0 Å². The smallest absolute Gasteiger partial charge is 0.256 e. The lowest BCUT2D eigenvalue weighted by atomic mass is 9.93. The van der Waals surface area contributed by atoms with Crippen molar-refractivity contribution in [2.24, 2.45) is 0 Å². The summed E-state index contributed by atoms with van der Waals surface area (Å²) >= 11 is 0. The van der Waals surface area contributed by atoms with Crippen LogP contribution in [-0.4, -0.2) is 16.8 Å². The summed E-state index contributed by atoms with van der Waals surface area (Å²) < 4.78 is 27.2. The van der Waals surface area contributed by atoms with E-state index in [0.29, 0.717) is 0 Å². The molecule has 20 heavy (non-hydrogen) atoms. The van der Waals surface area contributed by atoms with Crippen LogP contribution in [0, 0.1) is 23.0 Å². The van der Waals surface area contributed by atoms with E-state index in [1.165, 1.54) is 4.90 Å². The average molecular weight is 276 g/mol. The highest BCUT2D eigenvalue weighted by Crippen LogP contribution is 2.40. The molecular weight excluding hydrogens is 262 g/mol. The van der Waals surface area contributed by atoms with Crippen molar-refractivity contribution in [2.75, 3.05) is 0 Å². The maximum absolute atomic E-state index is 13.9. The Bertz CT molecular complexity index is 603. The Labute approximate surface area is 115 Å². The number of amides is 1. The number of halogens is 2. The van der Waals surface area contributed by atoms with Gasteiger partial charge in [-0.3, -0.25) is 4.79 Å². The van der Waals surface area contributed by atoms with Crippen molar-refractivity contribution in [1.82, 2.24) is 4.90 Å². The lowest BCUT2D eigenvalue weighted by Gasteiger charge is -2.33. The third kappa shape index (κ3) is 1.87. The molecule has 0 N–H and O–H groups in total. The zero-order chi connectivity index (χ0) is 14.3. The highest BCUT2D eigenvalue weighted by Gasteiger charge is 2.43.